The number of carbonyl (C=O) groups is 1. The number of benzene rings is 1. The van der Waals surface area contributed by atoms with Crippen molar-refractivity contribution in [1.82, 2.24) is 0 Å². The van der Waals surface area contributed by atoms with E-state index in [9.17, 15) is 4.79 Å². The Hall–Kier alpha value is -2.28. The van der Waals surface area contributed by atoms with Crippen LogP contribution in [0.2, 0.25) is 0 Å². The highest BCUT2D eigenvalue weighted by atomic mass is 16.6. The molecule has 1 rings (SSSR count). The van der Waals surface area contributed by atoms with Gasteiger partial charge in [0.15, 0.2) is 0 Å². The first kappa shape index (κ1) is 14.8. The zero-order valence-corrected chi connectivity index (χ0v) is 11.6. The quantitative estimate of drug-likeness (QED) is 0.475. The molecule has 0 heterocycles. The standard InChI is InChI=1S/C15H17NO3/c1-15(2,3)19-14(17)12(10-16)9-11-5-7-13(18-4)8-6-11/h5-9H,1-4H3. The molecule has 4 nitrogen and oxygen atoms in total. The summed E-state index contributed by atoms with van der Waals surface area (Å²) in [6, 6.07) is 8.91. The van der Waals surface area contributed by atoms with E-state index in [1.54, 1.807) is 52.1 Å². The van der Waals surface area contributed by atoms with Crippen molar-refractivity contribution in [3.63, 3.8) is 0 Å². The first-order valence-corrected chi connectivity index (χ1v) is 5.85. The molecule has 0 unspecified atom stereocenters. The Kier molecular flexibility index (Phi) is 4.71. The van der Waals surface area contributed by atoms with Gasteiger partial charge in [0.05, 0.1) is 7.11 Å². The number of ether oxygens (including phenoxy) is 2. The highest BCUT2D eigenvalue weighted by Gasteiger charge is 2.19. The molecule has 0 bridgehead atoms. The topological polar surface area (TPSA) is 59.3 Å². The van der Waals surface area contributed by atoms with Crippen LogP contribution in [0.1, 0.15) is 26.3 Å². The Labute approximate surface area is 113 Å². The summed E-state index contributed by atoms with van der Waals surface area (Å²) in [5.41, 5.74) is 0.0933. The van der Waals surface area contributed by atoms with Crippen LogP contribution in [0.4, 0.5) is 0 Å². The zero-order valence-electron chi connectivity index (χ0n) is 11.6. The summed E-state index contributed by atoms with van der Waals surface area (Å²) < 4.78 is 10.2. The van der Waals surface area contributed by atoms with E-state index in [1.165, 1.54) is 6.08 Å². The molecule has 0 saturated heterocycles. The third kappa shape index (κ3) is 4.84. The van der Waals surface area contributed by atoms with Crippen molar-refractivity contribution >= 4 is 12.0 Å². The van der Waals surface area contributed by atoms with E-state index in [1.807, 2.05) is 6.07 Å². The molecule has 0 saturated carbocycles. The summed E-state index contributed by atoms with van der Waals surface area (Å²) in [6.45, 7) is 5.27. The van der Waals surface area contributed by atoms with Crippen LogP contribution in [0.5, 0.6) is 5.75 Å². The molecule has 0 aliphatic carbocycles. The third-order valence-corrected chi connectivity index (χ3v) is 2.17. The van der Waals surface area contributed by atoms with Gasteiger partial charge in [-0.3, -0.25) is 0 Å². The van der Waals surface area contributed by atoms with Gasteiger partial charge in [0.25, 0.3) is 0 Å². The number of hydrogen-bond donors (Lipinski definition) is 0. The van der Waals surface area contributed by atoms with Crippen molar-refractivity contribution in [2.45, 2.75) is 26.4 Å². The lowest BCUT2D eigenvalue weighted by Gasteiger charge is -2.18. The molecule has 0 aliphatic heterocycles. The average molecular weight is 259 g/mol. The Morgan fingerprint density at radius 3 is 2.26 bits per heavy atom. The Morgan fingerprint density at radius 2 is 1.84 bits per heavy atom. The first-order chi connectivity index (χ1) is 8.85. The molecule has 0 aliphatic rings. The van der Waals surface area contributed by atoms with Crippen LogP contribution in [-0.2, 0) is 9.53 Å². The summed E-state index contributed by atoms with van der Waals surface area (Å²) in [6.07, 6.45) is 1.49. The van der Waals surface area contributed by atoms with Gasteiger partial charge < -0.3 is 9.47 Å². The van der Waals surface area contributed by atoms with Crippen LogP contribution in [0.25, 0.3) is 6.08 Å². The van der Waals surface area contributed by atoms with Crippen LogP contribution in [-0.4, -0.2) is 18.7 Å². The van der Waals surface area contributed by atoms with E-state index in [-0.39, 0.29) is 5.57 Å². The zero-order chi connectivity index (χ0) is 14.5. The number of nitriles is 1. The number of hydrogen-bond acceptors (Lipinski definition) is 4. The number of nitrogens with zero attached hydrogens (tertiary/aromatic N) is 1. The molecule has 1 aromatic rings. The first-order valence-electron chi connectivity index (χ1n) is 5.85. The number of carbonyl (C=O) groups excluding carboxylic acids is 1. The molecule has 100 valence electrons. The molecule has 0 fully saturated rings. The van der Waals surface area contributed by atoms with Gasteiger partial charge in [-0.2, -0.15) is 5.26 Å². The van der Waals surface area contributed by atoms with Gasteiger partial charge in [-0.25, -0.2) is 4.79 Å². The molecule has 0 radical (unpaired) electrons. The van der Waals surface area contributed by atoms with E-state index >= 15 is 0 Å². The third-order valence-electron chi connectivity index (χ3n) is 2.17. The number of esters is 1. The number of methoxy groups -OCH3 is 1. The monoisotopic (exact) mass is 259 g/mol. The molecule has 0 N–H and O–H groups in total. The highest BCUT2D eigenvalue weighted by molar-refractivity contribution is 5.98. The van der Waals surface area contributed by atoms with Gasteiger partial charge in [-0.1, -0.05) is 12.1 Å². The summed E-state index contributed by atoms with van der Waals surface area (Å²) >= 11 is 0. The van der Waals surface area contributed by atoms with Crippen LogP contribution >= 0.6 is 0 Å². The fraction of sp³-hybridized carbons (Fsp3) is 0.333. The van der Waals surface area contributed by atoms with Crippen LogP contribution in [0.15, 0.2) is 29.8 Å². The van der Waals surface area contributed by atoms with Crippen LogP contribution < -0.4 is 4.74 Å². The van der Waals surface area contributed by atoms with Gasteiger partial charge in [0.1, 0.15) is 23.0 Å². The maximum Gasteiger partial charge on any atom is 0.349 e. The maximum absolute atomic E-state index is 11.8. The van der Waals surface area contributed by atoms with Crippen LogP contribution in [0.3, 0.4) is 0 Å². The van der Waals surface area contributed by atoms with Crippen molar-refractivity contribution in [3.05, 3.63) is 35.4 Å². The minimum absolute atomic E-state index is 0.0277. The normalized spacial score (nSPS) is 11.6. The van der Waals surface area contributed by atoms with Crippen molar-refractivity contribution < 1.29 is 14.3 Å². The van der Waals surface area contributed by atoms with Crippen molar-refractivity contribution in [2.24, 2.45) is 0 Å². The molecule has 0 atom stereocenters. The van der Waals surface area contributed by atoms with Crippen molar-refractivity contribution in [2.75, 3.05) is 7.11 Å². The van der Waals surface area contributed by atoms with Crippen LogP contribution in [0, 0.1) is 11.3 Å². The van der Waals surface area contributed by atoms with Crippen molar-refractivity contribution in [3.8, 4) is 11.8 Å². The minimum atomic E-state index is -0.620. The molecule has 0 aromatic heterocycles. The smallest absolute Gasteiger partial charge is 0.349 e. The summed E-state index contributed by atoms with van der Waals surface area (Å²) in [7, 11) is 1.58. The predicted molar refractivity (Wildman–Crippen MR) is 72.4 cm³/mol. The Balaban J connectivity index is 2.93. The molecule has 19 heavy (non-hydrogen) atoms. The van der Waals surface area contributed by atoms with Gasteiger partial charge >= 0.3 is 5.97 Å². The lowest BCUT2D eigenvalue weighted by Crippen LogP contribution is -2.24. The van der Waals surface area contributed by atoms with Gasteiger partial charge in [-0.15, -0.1) is 0 Å². The molecule has 0 spiro atoms. The Bertz CT molecular complexity index is 516. The molecular weight excluding hydrogens is 242 g/mol. The fourth-order valence-electron chi connectivity index (χ4n) is 1.34. The molecular formula is C15H17NO3. The lowest BCUT2D eigenvalue weighted by atomic mass is 10.1. The second-order valence-electron chi connectivity index (χ2n) is 4.94. The second kappa shape index (κ2) is 6.05. The van der Waals surface area contributed by atoms with E-state index in [2.05, 4.69) is 0 Å². The van der Waals surface area contributed by atoms with Gasteiger partial charge in [0, 0.05) is 0 Å². The molecule has 0 amide bonds. The SMILES string of the molecule is COc1ccc(C=C(C#N)C(=O)OC(C)(C)C)cc1. The highest BCUT2D eigenvalue weighted by Crippen LogP contribution is 2.16. The van der Waals surface area contributed by atoms with E-state index < -0.39 is 11.6 Å². The largest absolute Gasteiger partial charge is 0.497 e. The minimum Gasteiger partial charge on any atom is -0.497 e. The summed E-state index contributed by atoms with van der Waals surface area (Å²) in [5, 5.41) is 9.01. The molecule has 4 heteroatoms. The van der Waals surface area contributed by atoms with E-state index in [4.69, 9.17) is 14.7 Å². The second-order valence-corrected chi connectivity index (χ2v) is 4.94. The lowest BCUT2D eigenvalue weighted by molar-refractivity contribution is -0.149. The van der Waals surface area contributed by atoms with E-state index in [0.717, 1.165) is 5.56 Å². The average Bonchev–Trinajstić information content (AvgIpc) is 2.34. The summed E-state index contributed by atoms with van der Waals surface area (Å²) in [4.78, 5) is 11.8. The maximum atomic E-state index is 11.8. The summed E-state index contributed by atoms with van der Waals surface area (Å²) in [5.74, 6) is 0.0961. The van der Waals surface area contributed by atoms with Gasteiger partial charge in [0.2, 0.25) is 0 Å². The molecule has 1 aromatic carbocycles. The van der Waals surface area contributed by atoms with Crippen molar-refractivity contribution in [1.29, 1.82) is 5.26 Å². The predicted octanol–water partition coefficient (Wildman–Crippen LogP) is 2.94. The van der Waals surface area contributed by atoms with Gasteiger partial charge in [-0.05, 0) is 44.5 Å². The number of rotatable bonds is 3. The van der Waals surface area contributed by atoms with E-state index in [0.29, 0.717) is 5.75 Å². The fourth-order valence-corrected chi connectivity index (χ4v) is 1.34. The Morgan fingerprint density at radius 1 is 1.26 bits per heavy atom.